The maximum Gasteiger partial charge on any atom is 0.190 e. The molecule has 0 saturated heterocycles. The van der Waals surface area contributed by atoms with Gasteiger partial charge in [0.15, 0.2) is 8.32 Å². The second-order valence-electron chi connectivity index (χ2n) is 7.90. The van der Waals surface area contributed by atoms with Gasteiger partial charge in [-0.25, -0.2) is 0 Å². The largest absolute Gasteiger partial charge is 0.417 e. The van der Waals surface area contributed by atoms with Crippen LogP contribution in [0.1, 0.15) is 34.6 Å². The molecule has 5 heteroatoms. The maximum absolute atomic E-state index is 6.36. The van der Waals surface area contributed by atoms with E-state index < -0.39 is 8.32 Å². The van der Waals surface area contributed by atoms with Crippen molar-refractivity contribution >= 4 is 8.32 Å². The number of hydrogen-bond donors (Lipinski definition) is 0. The molecule has 0 aliphatic rings. The van der Waals surface area contributed by atoms with Crippen LogP contribution in [0, 0.1) is 5.41 Å². The Balaban J connectivity index is 5.65. The molecular weight excluding hydrogens is 314 g/mol. The van der Waals surface area contributed by atoms with Crippen LogP contribution in [0.3, 0.4) is 0 Å². The molecule has 1 unspecified atom stereocenters. The van der Waals surface area contributed by atoms with Crippen molar-refractivity contribution in [2.75, 3.05) is 67.0 Å². The van der Waals surface area contributed by atoms with Crippen LogP contribution in [0.2, 0.25) is 18.6 Å². The first-order valence-electron chi connectivity index (χ1n) is 9.89. The van der Waals surface area contributed by atoms with Crippen LogP contribution in [0.4, 0.5) is 0 Å². The van der Waals surface area contributed by atoms with Crippen LogP contribution in [-0.2, 0) is 4.43 Å². The Morgan fingerprint density at radius 2 is 1.12 bits per heavy atom. The number of hydrogen-bond acceptors (Lipinski definition) is 4. The quantitative estimate of drug-likeness (QED) is 0.442. The fraction of sp³-hybridized carbons (Fsp3) is 1.00. The van der Waals surface area contributed by atoms with E-state index in [4.69, 9.17) is 4.43 Å². The smallest absolute Gasteiger partial charge is 0.190 e. The minimum atomic E-state index is -1.68. The molecule has 0 amide bonds. The zero-order chi connectivity index (χ0) is 18.8. The molecule has 0 aromatic carbocycles. The van der Waals surface area contributed by atoms with Crippen molar-refractivity contribution in [1.29, 1.82) is 0 Å². The molecule has 0 saturated carbocycles. The highest BCUT2D eigenvalue weighted by Crippen LogP contribution is 2.35. The minimum absolute atomic E-state index is 0.270. The molecule has 0 rings (SSSR count). The van der Waals surface area contributed by atoms with E-state index in [0.29, 0.717) is 0 Å². The Hall–Kier alpha value is 0.0569. The normalized spacial score (nSPS) is 15.5. The molecule has 0 aromatic rings. The first kappa shape index (κ1) is 24.1. The SMILES string of the molecule is CCO[Si](C)(CC)CC(CN(C)CC)(CN(C)CC)CN(C)CC. The Labute approximate surface area is 153 Å². The molecule has 0 spiro atoms. The van der Waals surface area contributed by atoms with E-state index in [-0.39, 0.29) is 5.41 Å². The van der Waals surface area contributed by atoms with Gasteiger partial charge in [-0.3, -0.25) is 0 Å². The van der Waals surface area contributed by atoms with Crippen LogP contribution >= 0.6 is 0 Å². The number of nitrogens with zero attached hydrogens (tertiary/aromatic N) is 3. The van der Waals surface area contributed by atoms with E-state index in [0.717, 1.165) is 45.9 Å². The summed E-state index contributed by atoms with van der Waals surface area (Å²) in [5, 5.41) is 0. The first-order chi connectivity index (χ1) is 11.2. The van der Waals surface area contributed by atoms with Crippen LogP contribution in [0.5, 0.6) is 0 Å². The van der Waals surface area contributed by atoms with Crippen molar-refractivity contribution in [1.82, 2.24) is 14.7 Å². The lowest BCUT2D eigenvalue weighted by Crippen LogP contribution is -2.54. The van der Waals surface area contributed by atoms with Crippen molar-refractivity contribution in [2.45, 2.75) is 53.3 Å². The average molecular weight is 360 g/mol. The molecular formula is C19H45N3OSi. The molecule has 146 valence electrons. The summed E-state index contributed by atoms with van der Waals surface area (Å²) in [6.07, 6.45) is 0. The van der Waals surface area contributed by atoms with Gasteiger partial charge in [-0.05, 0) is 66.3 Å². The van der Waals surface area contributed by atoms with Crippen molar-refractivity contribution in [3.63, 3.8) is 0 Å². The van der Waals surface area contributed by atoms with E-state index in [9.17, 15) is 0 Å². The van der Waals surface area contributed by atoms with Gasteiger partial charge in [-0.1, -0.05) is 27.7 Å². The first-order valence-corrected chi connectivity index (χ1v) is 12.7. The molecule has 4 nitrogen and oxygen atoms in total. The monoisotopic (exact) mass is 359 g/mol. The zero-order valence-corrected chi connectivity index (χ0v) is 19.1. The fourth-order valence-corrected chi connectivity index (χ4v) is 6.97. The second kappa shape index (κ2) is 11.6. The van der Waals surface area contributed by atoms with E-state index in [1.54, 1.807) is 0 Å². The minimum Gasteiger partial charge on any atom is -0.417 e. The van der Waals surface area contributed by atoms with Crippen LogP contribution < -0.4 is 0 Å². The summed E-state index contributed by atoms with van der Waals surface area (Å²) in [5.74, 6) is 0. The van der Waals surface area contributed by atoms with Gasteiger partial charge in [0, 0.05) is 31.7 Å². The lowest BCUT2D eigenvalue weighted by atomic mass is 9.88. The molecule has 0 aliphatic carbocycles. The van der Waals surface area contributed by atoms with Gasteiger partial charge in [0.05, 0.1) is 0 Å². The molecule has 24 heavy (non-hydrogen) atoms. The van der Waals surface area contributed by atoms with Gasteiger partial charge >= 0.3 is 0 Å². The molecule has 0 N–H and O–H groups in total. The van der Waals surface area contributed by atoms with Gasteiger partial charge < -0.3 is 19.1 Å². The summed E-state index contributed by atoms with van der Waals surface area (Å²) in [7, 11) is 5.11. The van der Waals surface area contributed by atoms with Crippen LogP contribution in [0.25, 0.3) is 0 Å². The standard InChI is InChI=1S/C19H45N3OSi/c1-10-20(6)15-19(16-21(7)11-2,17-22(8)12-3)18-24(9,14-5)23-13-4/h10-18H2,1-9H3. The van der Waals surface area contributed by atoms with E-state index in [2.05, 4.69) is 77.0 Å². The predicted molar refractivity (Wildman–Crippen MR) is 110 cm³/mol. The molecule has 0 heterocycles. The van der Waals surface area contributed by atoms with Gasteiger partial charge in [-0.15, -0.1) is 0 Å². The highest BCUT2D eigenvalue weighted by Gasteiger charge is 2.42. The van der Waals surface area contributed by atoms with Crippen molar-refractivity contribution in [3.05, 3.63) is 0 Å². The molecule has 0 aliphatic heterocycles. The van der Waals surface area contributed by atoms with Crippen molar-refractivity contribution in [2.24, 2.45) is 5.41 Å². The molecule has 1 atom stereocenters. The third-order valence-electron chi connectivity index (χ3n) is 5.43. The summed E-state index contributed by atoms with van der Waals surface area (Å²) < 4.78 is 6.36. The summed E-state index contributed by atoms with van der Waals surface area (Å²) in [6, 6.07) is 2.44. The Morgan fingerprint density at radius 3 is 1.38 bits per heavy atom. The lowest BCUT2D eigenvalue weighted by molar-refractivity contribution is 0.0940. The third kappa shape index (κ3) is 8.43. The summed E-state index contributed by atoms with van der Waals surface area (Å²) in [5.41, 5.74) is 0.270. The molecule has 0 aromatic heterocycles. The van der Waals surface area contributed by atoms with Gasteiger partial charge in [0.1, 0.15) is 0 Å². The van der Waals surface area contributed by atoms with Gasteiger partial charge in [0.25, 0.3) is 0 Å². The van der Waals surface area contributed by atoms with Gasteiger partial charge in [-0.2, -0.15) is 0 Å². The van der Waals surface area contributed by atoms with Crippen molar-refractivity contribution in [3.8, 4) is 0 Å². The average Bonchev–Trinajstić information content (AvgIpc) is 2.54. The summed E-state index contributed by atoms with van der Waals surface area (Å²) >= 11 is 0. The van der Waals surface area contributed by atoms with Crippen molar-refractivity contribution < 1.29 is 4.43 Å². The predicted octanol–water partition coefficient (Wildman–Crippen LogP) is 3.46. The van der Waals surface area contributed by atoms with E-state index in [1.165, 1.54) is 12.1 Å². The lowest BCUT2D eigenvalue weighted by Gasteiger charge is -2.45. The van der Waals surface area contributed by atoms with E-state index >= 15 is 0 Å². The molecule has 0 radical (unpaired) electrons. The fourth-order valence-electron chi connectivity index (χ4n) is 3.79. The van der Waals surface area contributed by atoms with Crippen LogP contribution in [-0.4, -0.2) is 90.0 Å². The Morgan fingerprint density at radius 1 is 0.750 bits per heavy atom. The Kier molecular flexibility index (Phi) is 11.7. The molecule has 0 fully saturated rings. The number of rotatable bonds is 14. The highest BCUT2D eigenvalue weighted by atomic mass is 28.4. The highest BCUT2D eigenvalue weighted by molar-refractivity contribution is 6.72. The summed E-state index contributed by atoms with van der Waals surface area (Å²) in [6.45, 7) is 21.3. The topological polar surface area (TPSA) is 19.0 Å². The summed E-state index contributed by atoms with van der Waals surface area (Å²) in [4.78, 5) is 7.47. The van der Waals surface area contributed by atoms with Gasteiger partial charge in [0.2, 0.25) is 0 Å². The molecule has 0 bridgehead atoms. The third-order valence-corrected chi connectivity index (χ3v) is 9.40. The second-order valence-corrected chi connectivity index (χ2v) is 12.2. The van der Waals surface area contributed by atoms with E-state index in [1.807, 2.05) is 0 Å². The maximum atomic E-state index is 6.36. The van der Waals surface area contributed by atoms with Crippen LogP contribution in [0.15, 0.2) is 0 Å². The zero-order valence-electron chi connectivity index (χ0n) is 18.1. The Bertz CT molecular complexity index is 298.